The van der Waals surface area contributed by atoms with Crippen molar-refractivity contribution in [3.63, 3.8) is 0 Å². The molecule has 10 rings (SSSR count). The number of rotatable bonds is 0. The predicted octanol–water partition coefficient (Wildman–Crippen LogP) is 15.7. The molecule has 500 valence electrons. The van der Waals surface area contributed by atoms with Gasteiger partial charge in [0.1, 0.15) is 55.4 Å². The van der Waals surface area contributed by atoms with Gasteiger partial charge in [0.25, 0.3) is 0 Å². The van der Waals surface area contributed by atoms with E-state index in [1.165, 1.54) is 38.0 Å². The molecule has 0 saturated heterocycles. The second-order valence-corrected chi connectivity index (χ2v) is 13.1. The molecule has 0 aliphatic rings. The molecule has 24 heteroatoms. The third-order valence-electron chi connectivity index (χ3n) is 6.68. The Morgan fingerprint density at radius 2 is 0.678 bits per heavy atom. The number of aromatic nitrogens is 24. The summed E-state index contributed by atoms with van der Waals surface area (Å²) < 4.78 is 0. The molecule has 10 aromatic rings. The summed E-state index contributed by atoms with van der Waals surface area (Å²) in [6, 6.07) is 9.34. The van der Waals surface area contributed by atoms with Crippen LogP contribution >= 0.6 is 0 Å². The van der Waals surface area contributed by atoms with Crippen molar-refractivity contribution in [2.45, 2.75) is 208 Å². The molecule has 0 aliphatic heterocycles. The molecule has 10 aromatic heterocycles. The first-order valence-corrected chi connectivity index (χ1v) is 30.7. The van der Waals surface area contributed by atoms with E-state index in [1.807, 2.05) is 225 Å². The van der Waals surface area contributed by atoms with E-state index in [0.29, 0.717) is 5.82 Å². The Kier molecular flexibility index (Phi) is 112. The summed E-state index contributed by atoms with van der Waals surface area (Å²) in [7, 11) is 0. The van der Waals surface area contributed by atoms with Gasteiger partial charge in [-0.1, -0.05) is 138 Å². The molecule has 0 bridgehead atoms. The lowest BCUT2D eigenvalue weighted by molar-refractivity contribution is 0.907. The quantitative estimate of drug-likeness (QED) is 0.136. The van der Waals surface area contributed by atoms with Crippen LogP contribution in [0.2, 0.25) is 0 Å². The van der Waals surface area contributed by atoms with Gasteiger partial charge in [-0.3, -0.25) is 9.97 Å². The van der Waals surface area contributed by atoms with Crippen LogP contribution in [0.4, 0.5) is 0 Å². The lowest BCUT2D eigenvalue weighted by atomic mass is 10.4. The van der Waals surface area contributed by atoms with Gasteiger partial charge in [0.15, 0.2) is 0 Å². The standard InChI is InChI=1S/6C5H6N2.4C4H5N3.10C2H6/c1-5-2-6-4-7-3-5;1-5-4-6-2-3-7-5;1-5-2-3-6-4-7-5;1-5-2-3-6-7-4-5;1-5-6-3-2-4-7-5;1-5-3-2-4-6-7-5;1-4-6-2-5-3-7-4;1-4-2-6-7-3-5-4;1-4-2-5-3-6-7-4;1-4-5-2-3-6-7-4;10*1-2/h6*2-4H,1H3;4*2-3H,1H3;10*1-2H3. The van der Waals surface area contributed by atoms with E-state index in [2.05, 4.69) is 121 Å². The van der Waals surface area contributed by atoms with Crippen LogP contribution < -0.4 is 0 Å². The van der Waals surface area contributed by atoms with Gasteiger partial charge in [-0.25, -0.2) is 59.8 Å². The maximum absolute atomic E-state index is 3.92. The summed E-state index contributed by atoms with van der Waals surface area (Å²) in [5.74, 6) is 2.29. The number of nitrogens with zero attached hydrogens (tertiary/aromatic N) is 24. The van der Waals surface area contributed by atoms with Crippen molar-refractivity contribution in [1.82, 2.24) is 121 Å². The zero-order chi connectivity index (χ0) is 71.1. The van der Waals surface area contributed by atoms with Crippen LogP contribution in [0.15, 0.2) is 161 Å². The Morgan fingerprint density at radius 3 is 0.900 bits per heavy atom. The maximum Gasteiger partial charge on any atom is 0.147 e. The molecular weight excluding hydrogens is 1130 g/mol. The monoisotopic (exact) mass is 1240 g/mol. The fraction of sp³-hybridized carbons (Fsp3) is 0.455. The Bertz CT molecular complexity index is 2000. The Morgan fingerprint density at radius 1 is 0.200 bits per heavy atom. The van der Waals surface area contributed by atoms with E-state index in [1.54, 1.807) is 106 Å². The van der Waals surface area contributed by atoms with Crippen LogP contribution in [0.5, 0.6) is 0 Å². The molecule has 0 aromatic carbocycles. The fourth-order valence-corrected chi connectivity index (χ4v) is 3.43. The Labute approximate surface area is 544 Å². The van der Waals surface area contributed by atoms with Crippen LogP contribution in [0, 0.1) is 69.2 Å². The normalized spacial score (nSPS) is 7.44. The third kappa shape index (κ3) is 94.9. The van der Waals surface area contributed by atoms with Gasteiger partial charge in [0.2, 0.25) is 0 Å². The van der Waals surface area contributed by atoms with Crippen LogP contribution in [0.25, 0.3) is 0 Å². The smallest absolute Gasteiger partial charge is 0.147 e. The summed E-state index contributed by atoms with van der Waals surface area (Å²) in [6.07, 6.45) is 34.1. The molecule has 0 N–H and O–H groups in total. The van der Waals surface area contributed by atoms with Gasteiger partial charge in [0, 0.05) is 73.9 Å². The minimum absolute atomic E-state index is 0.711. The lowest BCUT2D eigenvalue weighted by Gasteiger charge is -1.81. The molecule has 90 heavy (non-hydrogen) atoms. The van der Waals surface area contributed by atoms with Crippen molar-refractivity contribution < 1.29 is 0 Å². The molecule has 0 fully saturated rings. The summed E-state index contributed by atoms with van der Waals surface area (Å²) in [6.45, 7) is 58.9. The highest BCUT2D eigenvalue weighted by molar-refractivity contribution is 5.00. The fourth-order valence-electron chi connectivity index (χ4n) is 3.43. The van der Waals surface area contributed by atoms with Crippen molar-refractivity contribution >= 4 is 0 Å². The molecule has 0 saturated carbocycles. The first-order chi connectivity index (χ1) is 43.9. The molecule has 0 spiro atoms. The summed E-state index contributed by atoms with van der Waals surface area (Å²) in [5, 5.41) is 36.0. The number of hydrogen-bond donors (Lipinski definition) is 0. The van der Waals surface area contributed by atoms with E-state index in [0.717, 1.165) is 51.2 Å². The van der Waals surface area contributed by atoms with E-state index < -0.39 is 0 Å². The maximum atomic E-state index is 3.92. The molecule has 0 radical (unpaired) electrons. The largest absolute Gasteiger partial charge is 0.261 e. The molecule has 0 atom stereocenters. The minimum Gasteiger partial charge on any atom is -0.261 e. The molecule has 0 amide bonds. The van der Waals surface area contributed by atoms with Gasteiger partial charge in [-0.05, 0) is 111 Å². The zero-order valence-electron chi connectivity index (χ0n) is 60.7. The van der Waals surface area contributed by atoms with Crippen LogP contribution in [0.3, 0.4) is 0 Å². The van der Waals surface area contributed by atoms with Gasteiger partial charge in [-0.2, -0.15) is 35.7 Å². The summed E-state index contributed by atoms with van der Waals surface area (Å²) in [4.78, 5) is 53.1. The van der Waals surface area contributed by atoms with E-state index >= 15 is 0 Å². The second-order valence-electron chi connectivity index (χ2n) is 13.1. The highest BCUT2D eigenvalue weighted by atomic mass is 15.1. The average molecular weight is 1250 g/mol. The Hall–Kier alpha value is -9.48. The van der Waals surface area contributed by atoms with E-state index in [-0.39, 0.29) is 0 Å². The summed E-state index contributed by atoms with van der Waals surface area (Å²) >= 11 is 0. The lowest BCUT2D eigenvalue weighted by Crippen LogP contribution is -1.85. The SMILES string of the molecule is CC.CC.CC.CC.CC.CC.CC.CC.CC.CC.Cc1cccnn1.Cc1ccncn1.Cc1ccnnc1.Cc1cnccn1.Cc1cncnc1.Cc1cncnn1.Cc1cnncn1.Cc1ncccn1.Cc1nccnn1.Cc1ncncn1. The minimum atomic E-state index is 0.711. The first kappa shape index (κ1) is 102. The van der Waals surface area contributed by atoms with Crippen molar-refractivity contribution in [2.24, 2.45) is 0 Å². The Balaban J connectivity index is -0.0000000957. The molecule has 24 nitrogen and oxygen atoms in total. The van der Waals surface area contributed by atoms with Gasteiger partial charge < -0.3 is 0 Å². The summed E-state index contributed by atoms with van der Waals surface area (Å²) in [5.41, 5.74) is 6.93. The van der Waals surface area contributed by atoms with Crippen molar-refractivity contribution in [3.05, 3.63) is 218 Å². The third-order valence-corrected chi connectivity index (χ3v) is 6.68. The highest BCUT2D eigenvalue weighted by Crippen LogP contribution is 1.87. The molecular formula is C66H116N24. The van der Waals surface area contributed by atoms with Gasteiger partial charge >= 0.3 is 0 Å². The van der Waals surface area contributed by atoms with Crippen LogP contribution in [-0.4, -0.2) is 121 Å². The van der Waals surface area contributed by atoms with E-state index in [9.17, 15) is 0 Å². The molecule has 0 unspecified atom stereocenters. The predicted molar refractivity (Wildman–Crippen MR) is 372 cm³/mol. The second kappa shape index (κ2) is 98.6. The van der Waals surface area contributed by atoms with Gasteiger partial charge in [-0.15, -0.1) is 15.3 Å². The van der Waals surface area contributed by atoms with Crippen molar-refractivity contribution in [1.29, 1.82) is 0 Å². The number of hydrogen-bond acceptors (Lipinski definition) is 24. The highest BCUT2D eigenvalue weighted by Gasteiger charge is 1.81. The number of aryl methyl sites for hydroxylation is 10. The van der Waals surface area contributed by atoms with Crippen LogP contribution in [-0.2, 0) is 0 Å². The van der Waals surface area contributed by atoms with Crippen molar-refractivity contribution in [2.75, 3.05) is 0 Å². The van der Waals surface area contributed by atoms with Crippen molar-refractivity contribution in [3.8, 4) is 0 Å². The van der Waals surface area contributed by atoms with Crippen LogP contribution in [0.1, 0.15) is 196 Å². The molecule has 10 heterocycles. The van der Waals surface area contributed by atoms with E-state index in [4.69, 9.17) is 0 Å². The first-order valence-electron chi connectivity index (χ1n) is 30.7. The molecule has 0 aliphatic carbocycles. The average Bonchev–Trinajstić information content (AvgIpc) is 3.62. The zero-order valence-corrected chi connectivity index (χ0v) is 60.7. The van der Waals surface area contributed by atoms with Gasteiger partial charge in [0.05, 0.1) is 47.6 Å². The topological polar surface area (TPSA) is 309 Å².